The molecule has 2 aromatic carbocycles. The van der Waals surface area contributed by atoms with Gasteiger partial charge in [-0.15, -0.1) is 0 Å². The molecule has 2 N–H and O–H groups in total. The molecule has 7 heteroatoms. The first-order valence-electron chi connectivity index (χ1n) is 9.65. The quantitative estimate of drug-likeness (QED) is 0.691. The number of carbonyl (C=O) groups is 2. The summed E-state index contributed by atoms with van der Waals surface area (Å²) >= 11 is 6.11. The molecule has 1 fully saturated rings. The van der Waals surface area contributed by atoms with E-state index >= 15 is 0 Å². The number of hydrogen-bond acceptors (Lipinski definition) is 3. The lowest BCUT2D eigenvalue weighted by atomic mass is 10.2. The topological polar surface area (TPSA) is 68.4 Å². The molecular weight excluding hydrogens is 388 g/mol. The Balaban J connectivity index is 1.31. The van der Waals surface area contributed by atoms with Crippen LogP contribution in [-0.2, 0) is 4.79 Å². The normalized spacial score (nSPS) is 14.9. The van der Waals surface area contributed by atoms with Crippen LogP contribution in [0.3, 0.4) is 0 Å². The smallest absolute Gasteiger partial charge is 0.270 e. The van der Waals surface area contributed by atoms with Crippen LogP contribution in [0.2, 0.25) is 5.02 Å². The maximum atomic E-state index is 12.8. The Labute approximate surface area is 174 Å². The minimum Gasteiger partial charge on any atom is -0.351 e. The predicted octanol–water partition coefficient (Wildman–Crippen LogP) is 3.53. The molecule has 3 aromatic rings. The number of nitrogens with one attached hydrogen (secondary N) is 2. The number of anilines is 1. The zero-order chi connectivity index (χ0) is 20.4. The summed E-state index contributed by atoms with van der Waals surface area (Å²) in [5.74, 6) is -0.0781. The summed E-state index contributed by atoms with van der Waals surface area (Å²) in [4.78, 5) is 32.3. The molecule has 0 unspecified atom stereocenters. The van der Waals surface area contributed by atoms with Crippen LogP contribution in [0.15, 0.2) is 48.5 Å². The summed E-state index contributed by atoms with van der Waals surface area (Å²) in [6.45, 7) is 4.68. The van der Waals surface area contributed by atoms with Crippen LogP contribution in [0.5, 0.6) is 0 Å². The third-order valence-corrected chi connectivity index (χ3v) is 5.74. The van der Waals surface area contributed by atoms with Gasteiger partial charge in [-0.25, -0.2) is 0 Å². The number of halogens is 1. The minimum absolute atomic E-state index is 0.000135. The summed E-state index contributed by atoms with van der Waals surface area (Å²) in [7, 11) is 0. The maximum Gasteiger partial charge on any atom is 0.270 e. The van der Waals surface area contributed by atoms with Gasteiger partial charge in [0.2, 0.25) is 5.91 Å². The first-order valence-corrected chi connectivity index (χ1v) is 10.0. The average molecular weight is 411 g/mol. The molecular formula is C22H23ClN4O2. The Kier molecular flexibility index (Phi) is 5.56. The Morgan fingerprint density at radius 1 is 1.07 bits per heavy atom. The molecule has 6 nitrogen and oxygen atoms in total. The molecule has 2 heterocycles. The number of H-pyrrole nitrogens is 1. The second kappa shape index (κ2) is 8.27. The molecule has 0 radical (unpaired) electrons. The van der Waals surface area contributed by atoms with E-state index in [1.54, 1.807) is 6.07 Å². The van der Waals surface area contributed by atoms with Crippen molar-refractivity contribution < 1.29 is 9.59 Å². The van der Waals surface area contributed by atoms with Crippen molar-refractivity contribution in [2.24, 2.45) is 0 Å². The molecule has 29 heavy (non-hydrogen) atoms. The Morgan fingerprint density at radius 2 is 1.83 bits per heavy atom. The first-order chi connectivity index (χ1) is 14.0. The fourth-order valence-electron chi connectivity index (χ4n) is 3.60. The number of rotatable bonds is 4. The van der Waals surface area contributed by atoms with Gasteiger partial charge >= 0.3 is 0 Å². The molecule has 150 valence electrons. The van der Waals surface area contributed by atoms with Crippen LogP contribution >= 0.6 is 11.6 Å². The van der Waals surface area contributed by atoms with E-state index in [0.717, 1.165) is 22.2 Å². The van der Waals surface area contributed by atoms with Crippen molar-refractivity contribution in [2.75, 3.05) is 38.0 Å². The third-order valence-electron chi connectivity index (χ3n) is 5.33. The van der Waals surface area contributed by atoms with E-state index in [0.29, 0.717) is 43.4 Å². The van der Waals surface area contributed by atoms with Gasteiger partial charge in [0, 0.05) is 47.8 Å². The second-order valence-electron chi connectivity index (χ2n) is 7.30. The standard InChI is InChI=1S/C22H23ClN4O2/c1-15-17(23)6-4-8-18(15)25-21(28)14-26-9-11-27(12-10-26)22(29)20-13-16-5-2-3-7-19(16)24-20/h2-8,13,24H,9-12,14H2,1H3,(H,25,28). The highest BCUT2D eigenvalue weighted by Gasteiger charge is 2.24. The fraction of sp³-hybridized carbons (Fsp3) is 0.273. The number of benzene rings is 2. The molecule has 0 bridgehead atoms. The zero-order valence-corrected chi connectivity index (χ0v) is 17.0. The summed E-state index contributed by atoms with van der Waals surface area (Å²) < 4.78 is 0. The SMILES string of the molecule is Cc1c(Cl)cccc1NC(=O)CN1CCN(C(=O)c2cc3ccccc3[nH]2)CC1. The van der Waals surface area contributed by atoms with E-state index in [2.05, 4.69) is 15.2 Å². The van der Waals surface area contributed by atoms with Gasteiger partial charge in [0.25, 0.3) is 5.91 Å². The number of carbonyl (C=O) groups excluding carboxylic acids is 2. The highest BCUT2D eigenvalue weighted by atomic mass is 35.5. The second-order valence-corrected chi connectivity index (χ2v) is 7.71. The minimum atomic E-state index is -0.0780. The molecule has 0 atom stereocenters. The predicted molar refractivity (Wildman–Crippen MR) is 115 cm³/mol. The highest BCUT2D eigenvalue weighted by molar-refractivity contribution is 6.31. The van der Waals surface area contributed by atoms with Crippen molar-refractivity contribution in [1.29, 1.82) is 0 Å². The summed E-state index contributed by atoms with van der Waals surface area (Å²) in [6, 6.07) is 15.2. The largest absolute Gasteiger partial charge is 0.351 e. The van der Waals surface area contributed by atoms with E-state index in [-0.39, 0.29) is 11.8 Å². The number of hydrogen-bond donors (Lipinski definition) is 2. The van der Waals surface area contributed by atoms with Gasteiger partial charge in [0.15, 0.2) is 0 Å². The Bertz CT molecular complexity index is 1020. The number of fused-ring (bicyclic) bond motifs is 1. The van der Waals surface area contributed by atoms with Crippen molar-refractivity contribution in [2.45, 2.75) is 6.92 Å². The zero-order valence-electron chi connectivity index (χ0n) is 16.2. The van der Waals surface area contributed by atoms with E-state index in [4.69, 9.17) is 11.6 Å². The molecule has 1 aliphatic rings. The van der Waals surface area contributed by atoms with Crippen LogP contribution in [0.25, 0.3) is 10.9 Å². The molecule has 0 saturated carbocycles. The van der Waals surface area contributed by atoms with Gasteiger partial charge in [0.1, 0.15) is 5.69 Å². The molecule has 4 rings (SSSR count). The van der Waals surface area contributed by atoms with E-state index < -0.39 is 0 Å². The summed E-state index contributed by atoms with van der Waals surface area (Å²) in [6.07, 6.45) is 0. The molecule has 1 saturated heterocycles. The lowest BCUT2D eigenvalue weighted by Gasteiger charge is -2.34. The van der Waals surface area contributed by atoms with Gasteiger partial charge < -0.3 is 15.2 Å². The van der Waals surface area contributed by atoms with Crippen LogP contribution in [0.4, 0.5) is 5.69 Å². The van der Waals surface area contributed by atoms with Crippen LogP contribution in [-0.4, -0.2) is 59.3 Å². The number of aromatic amines is 1. The monoisotopic (exact) mass is 410 g/mol. The van der Waals surface area contributed by atoms with Crippen LogP contribution < -0.4 is 5.32 Å². The number of aromatic nitrogens is 1. The van der Waals surface area contributed by atoms with Gasteiger partial charge in [-0.05, 0) is 36.8 Å². The van der Waals surface area contributed by atoms with E-state index in [1.807, 2.05) is 54.3 Å². The maximum absolute atomic E-state index is 12.8. The summed E-state index contributed by atoms with van der Waals surface area (Å²) in [5, 5.41) is 4.58. The van der Waals surface area contributed by atoms with E-state index in [1.165, 1.54) is 0 Å². The number of piperazine rings is 1. The van der Waals surface area contributed by atoms with E-state index in [9.17, 15) is 9.59 Å². The molecule has 0 aliphatic carbocycles. The summed E-state index contributed by atoms with van der Waals surface area (Å²) in [5.41, 5.74) is 3.16. The van der Waals surface area contributed by atoms with Crippen molar-refractivity contribution in [3.8, 4) is 0 Å². The van der Waals surface area contributed by atoms with Gasteiger partial charge in [-0.1, -0.05) is 35.9 Å². The molecule has 1 aromatic heterocycles. The molecule has 1 aliphatic heterocycles. The number of nitrogens with zero attached hydrogens (tertiary/aromatic N) is 2. The average Bonchev–Trinajstić information content (AvgIpc) is 3.16. The first kappa shape index (κ1) is 19.5. The van der Waals surface area contributed by atoms with Crippen molar-refractivity contribution >= 4 is 40.0 Å². The third kappa shape index (κ3) is 4.28. The molecule has 0 spiro atoms. The lowest BCUT2D eigenvalue weighted by Crippen LogP contribution is -2.50. The van der Waals surface area contributed by atoms with Crippen molar-refractivity contribution in [1.82, 2.24) is 14.8 Å². The van der Waals surface area contributed by atoms with Gasteiger partial charge in [-0.3, -0.25) is 14.5 Å². The van der Waals surface area contributed by atoms with Crippen molar-refractivity contribution in [3.05, 3.63) is 64.8 Å². The van der Waals surface area contributed by atoms with Gasteiger partial charge in [-0.2, -0.15) is 0 Å². The number of amides is 2. The number of para-hydroxylation sites is 1. The highest BCUT2D eigenvalue weighted by Crippen LogP contribution is 2.23. The molecule has 2 amide bonds. The fourth-order valence-corrected chi connectivity index (χ4v) is 3.78. The Hall–Kier alpha value is -2.83. The van der Waals surface area contributed by atoms with Crippen LogP contribution in [0, 0.1) is 6.92 Å². The Morgan fingerprint density at radius 3 is 2.59 bits per heavy atom. The van der Waals surface area contributed by atoms with Crippen LogP contribution in [0.1, 0.15) is 16.1 Å². The van der Waals surface area contributed by atoms with Gasteiger partial charge in [0.05, 0.1) is 6.54 Å². The van der Waals surface area contributed by atoms with Crippen molar-refractivity contribution in [3.63, 3.8) is 0 Å². The lowest BCUT2D eigenvalue weighted by molar-refractivity contribution is -0.117.